The second-order valence-electron chi connectivity index (χ2n) is 2.81. The maximum Gasteiger partial charge on any atom is 0.282 e. The molecule has 0 aromatic rings. The number of hydrogen-bond donors (Lipinski definition) is 1. The fourth-order valence-electron chi connectivity index (χ4n) is 1.30. The second kappa shape index (κ2) is 11.2. The zero-order chi connectivity index (χ0) is 10.9. The minimum absolute atomic E-state index is 0. The van der Waals surface area contributed by atoms with Crippen LogP contribution in [0.5, 0.6) is 0 Å². The van der Waals surface area contributed by atoms with Crippen molar-refractivity contribution >= 4 is 0 Å². The molecule has 0 aromatic carbocycles. The van der Waals surface area contributed by atoms with Gasteiger partial charge in [0.1, 0.15) is 0 Å². The van der Waals surface area contributed by atoms with Crippen molar-refractivity contribution in [3.05, 3.63) is 0 Å². The van der Waals surface area contributed by atoms with Crippen LogP contribution in [-0.2, 0) is 40.1 Å². The van der Waals surface area contributed by atoms with E-state index in [0.717, 1.165) is 0 Å². The van der Waals surface area contributed by atoms with Gasteiger partial charge in [-0.3, -0.25) is 0 Å². The predicted octanol–water partition coefficient (Wildman–Crippen LogP) is 1.52. The van der Waals surface area contributed by atoms with Gasteiger partial charge >= 0.3 is 0 Å². The summed E-state index contributed by atoms with van der Waals surface area (Å²) in [5.74, 6) is -0.957. The van der Waals surface area contributed by atoms with E-state index in [1.807, 2.05) is 20.8 Å². The molecule has 0 aromatic heterocycles. The number of ether oxygens (including phenoxy) is 3. The van der Waals surface area contributed by atoms with Gasteiger partial charge in [-0.15, -0.1) is 0 Å². The van der Waals surface area contributed by atoms with Crippen molar-refractivity contribution < 1.29 is 45.2 Å². The first-order valence-corrected chi connectivity index (χ1v) is 5.27. The molecule has 0 saturated carbocycles. The van der Waals surface area contributed by atoms with Crippen LogP contribution in [0, 0.1) is 0 Å². The van der Waals surface area contributed by atoms with E-state index in [1.54, 1.807) is 0 Å². The Morgan fingerprint density at radius 1 is 0.933 bits per heavy atom. The van der Waals surface area contributed by atoms with Gasteiger partial charge in [0, 0.05) is 58.7 Å². The largest absolute Gasteiger partial charge is 0.396 e. The average Bonchev–Trinajstić information content (AvgIpc) is 2.16. The predicted molar refractivity (Wildman–Crippen MR) is 53.9 cm³/mol. The van der Waals surface area contributed by atoms with Crippen LogP contribution in [0.25, 0.3) is 0 Å². The average molecular weight is 385 g/mol. The van der Waals surface area contributed by atoms with E-state index < -0.39 is 5.97 Å². The summed E-state index contributed by atoms with van der Waals surface area (Å²) in [6, 6.07) is 0. The first-order chi connectivity index (χ1) is 6.74. The second-order valence-corrected chi connectivity index (χ2v) is 2.81. The van der Waals surface area contributed by atoms with Crippen LogP contribution in [0.2, 0.25) is 0 Å². The molecule has 0 fully saturated rings. The van der Waals surface area contributed by atoms with Crippen LogP contribution in [0.1, 0.15) is 33.6 Å². The van der Waals surface area contributed by atoms with Gasteiger partial charge < -0.3 is 19.3 Å². The first-order valence-electron chi connectivity index (χ1n) is 5.27. The number of aliphatic hydroxyl groups excluding tert-OH is 1. The molecule has 0 amide bonds. The summed E-state index contributed by atoms with van der Waals surface area (Å²) in [5.41, 5.74) is 0. The fraction of sp³-hybridized carbons (Fsp3) is 1.00. The molecule has 0 heterocycles. The molecule has 0 radical (unpaired) electrons. The molecule has 90 valence electrons. The normalized spacial score (nSPS) is 11.2. The van der Waals surface area contributed by atoms with Gasteiger partial charge in [-0.05, 0) is 27.2 Å². The van der Waals surface area contributed by atoms with E-state index in [4.69, 9.17) is 19.3 Å². The smallest absolute Gasteiger partial charge is 0.282 e. The molecule has 0 aliphatic rings. The molecular weight excluding hydrogens is 363 g/mol. The Hall–Kier alpha value is 0.710. The van der Waals surface area contributed by atoms with Crippen LogP contribution < -0.4 is 0 Å². The third-order valence-corrected chi connectivity index (χ3v) is 1.73. The van der Waals surface area contributed by atoms with Crippen molar-refractivity contribution in [2.75, 3.05) is 26.4 Å². The monoisotopic (exact) mass is 386 g/mol. The maximum absolute atomic E-state index is 8.77. The summed E-state index contributed by atoms with van der Waals surface area (Å²) >= 11 is 0. The summed E-state index contributed by atoms with van der Waals surface area (Å²) in [4.78, 5) is 0. The Morgan fingerprint density at radius 3 is 1.60 bits per heavy atom. The molecular formula is C10H22HfO4. The van der Waals surface area contributed by atoms with Gasteiger partial charge in [0.05, 0.1) is 0 Å². The van der Waals surface area contributed by atoms with Crippen LogP contribution in [0.15, 0.2) is 0 Å². The van der Waals surface area contributed by atoms with E-state index in [-0.39, 0.29) is 32.5 Å². The van der Waals surface area contributed by atoms with E-state index in [2.05, 4.69) is 0 Å². The van der Waals surface area contributed by atoms with E-state index in [9.17, 15) is 0 Å². The third kappa shape index (κ3) is 7.58. The first kappa shape index (κ1) is 18.1. The van der Waals surface area contributed by atoms with Gasteiger partial charge in [0.15, 0.2) is 0 Å². The van der Waals surface area contributed by atoms with Gasteiger partial charge in [0.2, 0.25) is 0 Å². The van der Waals surface area contributed by atoms with Gasteiger partial charge in [0.25, 0.3) is 5.97 Å². The summed E-state index contributed by atoms with van der Waals surface area (Å²) in [6.07, 6.45) is 1.17. The third-order valence-electron chi connectivity index (χ3n) is 1.73. The summed E-state index contributed by atoms with van der Waals surface area (Å²) in [5, 5.41) is 8.77. The standard InChI is InChI=1S/C10H22O4.Hf/c1-4-12-10(13-5-2,14-6-3)8-7-9-11;/h11H,4-9H2,1-3H3;. The van der Waals surface area contributed by atoms with Crippen molar-refractivity contribution in [2.45, 2.75) is 39.6 Å². The SMILES string of the molecule is CCOC(CCCO)(OCC)OCC.[Hf]. The molecule has 0 rings (SSSR count). The summed E-state index contributed by atoms with van der Waals surface area (Å²) in [7, 11) is 0. The van der Waals surface area contributed by atoms with Crippen molar-refractivity contribution in [3.63, 3.8) is 0 Å². The quantitative estimate of drug-likeness (QED) is 0.484. The van der Waals surface area contributed by atoms with Crippen molar-refractivity contribution in [1.29, 1.82) is 0 Å². The molecule has 0 bridgehead atoms. The van der Waals surface area contributed by atoms with Crippen LogP contribution in [0.3, 0.4) is 0 Å². The molecule has 0 aliphatic carbocycles. The van der Waals surface area contributed by atoms with Crippen LogP contribution in [0.4, 0.5) is 0 Å². The maximum atomic E-state index is 8.77. The molecule has 0 aliphatic heterocycles. The summed E-state index contributed by atoms with van der Waals surface area (Å²) in [6.45, 7) is 7.40. The Bertz CT molecular complexity index is 116. The van der Waals surface area contributed by atoms with E-state index in [0.29, 0.717) is 32.7 Å². The molecule has 5 heteroatoms. The molecule has 0 saturated heterocycles. The van der Waals surface area contributed by atoms with Crippen molar-refractivity contribution in [1.82, 2.24) is 0 Å². The Balaban J connectivity index is 0. The van der Waals surface area contributed by atoms with Crippen LogP contribution >= 0.6 is 0 Å². The fourth-order valence-corrected chi connectivity index (χ4v) is 1.30. The van der Waals surface area contributed by atoms with Crippen molar-refractivity contribution in [2.24, 2.45) is 0 Å². The van der Waals surface area contributed by atoms with E-state index >= 15 is 0 Å². The number of hydrogen-bond acceptors (Lipinski definition) is 4. The van der Waals surface area contributed by atoms with E-state index in [1.165, 1.54) is 0 Å². The zero-order valence-electron chi connectivity index (χ0n) is 9.91. The summed E-state index contributed by atoms with van der Waals surface area (Å²) < 4.78 is 16.4. The zero-order valence-corrected chi connectivity index (χ0v) is 13.5. The molecule has 15 heavy (non-hydrogen) atoms. The molecule has 1 N–H and O–H groups in total. The topological polar surface area (TPSA) is 47.9 Å². The number of rotatable bonds is 9. The molecule has 0 atom stereocenters. The van der Waals surface area contributed by atoms with Gasteiger partial charge in [-0.25, -0.2) is 0 Å². The Labute approximate surface area is 111 Å². The minimum Gasteiger partial charge on any atom is -0.396 e. The molecule has 0 spiro atoms. The molecule has 0 unspecified atom stereocenters. The van der Waals surface area contributed by atoms with Crippen LogP contribution in [-0.4, -0.2) is 37.5 Å². The van der Waals surface area contributed by atoms with Gasteiger partial charge in [-0.2, -0.15) is 0 Å². The van der Waals surface area contributed by atoms with Crippen molar-refractivity contribution in [3.8, 4) is 0 Å². The number of aliphatic hydroxyl groups is 1. The molecule has 4 nitrogen and oxygen atoms in total. The Kier molecular flexibility index (Phi) is 13.5. The Morgan fingerprint density at radius 2 is 1.33 bits per heavy atom. The van der Waals surface area contributed by atoms with Gasteiger partial charge in [-0.1, -0.05) is 0 Å². The minimum atomic E-state index is -0.957.